The largest absolute Gasteiger partial charge is 0.497 e. The van der Waals surface area contributed by atoms with Crippen LogP contribution < -0.4 is 4.74 Å². The number of hydrogen-bond donors (Lipinski definition) is 0. The van der Waals surface area contributed by atoms with Crippen LogP contribution in [0.4, 0.5) is 0 Å². The van der Waals surface area contributed by atoms with E-state index in [0.29, 0.717) is 0 Å². The summed E-state index contributed by atoms with van der Waals surface area (Å²) in [5.74, 6) is 0.835. The van der Waals surface area contributed by atoms with Crippen molar-refractivity contribution in [2.24, 2.45) is 0 Å². The molecule has 0 heterocycles. The molecular formula is C20H17OS. The minimum atomic E-state index is -0.602. The molecule has 0 aliphatic rings. The Bertz CT molecular complexity index is 681. The van der Waals surface area contributed by atoms with Crippen LogP contribution in [0.2, 0.25) is 0 Å². The molecule has 0 atom stereocenters. The van der Waals surface area contributed by atoms with Crippen LogP contribution in [-0.2, 0) is 4.75 Å². The highest BCUT2D eigenvalue weighted by Gasteiger charge is 2.33. The first kappa shape index (κ1) is 14.7. The Balaban J connectivity index is 2.18. The third-order valence-corrected chi connectivity index (χ3v) is 4.56. The van der Waals surface area contributed by atoms with E-state index in [0.717, 1.165) is 22.4 Å². The van der Waals surface area contributed by atoms with Crippen molar-refractivity contribution < 1.29 is 4.74 Å². The fraction of sp³-hybridized carbons (Fsp3) is 0.100. The summed E-state index contributed by atoms with van der Waals surface area (Å²) in [6, 6.07) is 28.5. The van der Waals surface area contributed by atoms with Gasteiger partial charge in [-0.3, -0.25) is 0 Å². The summed E-state index contributed by atoms with van der Waals surface area (Å²) < 4.78 is 4.66. The molecule has 0 unspecified atom stereocenters. The summed E-state index contributed by atoms with van der Waals surface area (Å²) in [6.45, 7) is 0. The molecular weight excluding hydrogens is 288 g/mol. The third kappa shape index (κ3) is 2.62. The first-order valence-corrected chi connectivity index (χ1v) is 7.62. The van der Waals surface area contributed by atoms with E-state index in [4.69, 9.17) is 17.4 Å². The van der Waals surface area contributed by atoms with E-state index in [2.05, 4.69) is 24.3 Å². The van der Waals surface area contributed by atoms with Crippen molar-refractivity contribution in [2.75, 3.05) is 7.11 Å². The minimum Gasteiger partial charge on any atom is -0.497 e. The zero-order valence-electron chi connectivity index (χ0n) is 12.4. The number of hydrogen-bond acceptors (Lipinski definition) is 1. The molecule has 0 aliphatic carbocycles. The van der Waals surface area contributed by atoms with Crippen LogP contribution in [0.3, 0.4) is 0 Å². The summed E-state index contributed by atoms with van der Waals surface area (Å²) in [7, 11) is 1.67. The van der Waals surface area contributed by atoms with Gasteiger partial charge in [0.15, 0.2) is 0 Å². The van der Waals surface area contributed by atoms with Crippen molar-refractivity contribution in [2.45, 2.75) is 4.75 Å². The van der Waals surface area contributed by atoms with E-state index in [1.54, 1.807) is 7.11 Å². The fourth-order valence-corrected chi connectivity index (χ4v) is 3.08. The van der Waals surface area contributed by atoms with Crippen molar-refractivity contribution >= 4 is 12.6 Å². The molecule has 0 saturated carbocycles. The van der Waals surface area contributed by atoms with E-state index in [-0.39, 0.29) is 0 Å². The predicted molar refractivity (Wildman–Crippen MR) is 93.4 cm³/mol. The lowest BCUT2D eigenvalue weighted by atomic mass is 9.84. The molecule has 109 valence electrons. The molecule has 0 aromatic heterocycles. The van der Waals surface area contributed by atoms with Crippen LogP contribution in [-0.4, -0.2) is 7.11 Å². The summed E-state index contributed by atoms with van der Waals surface area (Å²) in [5, 5.41) is 0. The van der Waals surface area contributed by atoms with Crippen LogP contribution in [0.25, 0.3) is 0 Å². The highest BCUT2D eigenvalue weighted by molar-refractivity contribution is 7.81. The second-order valence-corrected chi connectivity index (χ2v) is 5.75. The van der Waals surface area contributed by atoms with Gasteiger partial charge in [0.25, 0.3) is 0 Å². The quantitative estimate of drug-likeness (QED) is 0.603. The maximum Gasteiger partial charge on any atom is 0.118 e. The molecule has 0 spiro atoms. The van der Waals surface area contributed by atoms with E-state index in [1.165, 1.54) is 0 Å². The molecule has 3 aromatic rings. The lowest BCUT2D eigenvalue weighted by Crippen LogP contribution is -2.22. The van der Waals surface area contributed by atoms with Crippen LogP contribution in [0, 0.1) is 0 Å². The van der Waals surface area contributed by atoms with Gasteiger partial charge in [-0.05, 0) is 28.8 Å². The SMILES string of the molecule is COc1ccc(C([S])(c2ccccc2)c2ccccc2)cc1. The van der Waals surface area contributed by atoms with Crippen LogP contribution in [0.15, 0.2) is 84.9 Å². The summed E-state index contributed by atoms with van der Waals surface area (Å²) >= 11 is 6.14. The highest BCUT2D eigenvalue weighted by atomic mass is 32.1. The molecule has 0 fully saturated rings. The lowest BCUT2D eigenvalue weighted by molar-refractivity contribution is 0.414. The van der Waals surface area contributed by atoms with Gasteiger partial charge in [-0.25, -0.2) is 0 Å². The second kappa shape index (κ2) is 6.29. The Hall–Kier alpha value is -2.19. The smallest absolute Gasteiger partial charge is 0.118 e. The van der Waals surface area contributed by atoms with Gasteiger partial charge in [-0.1, -0.05) is 85.4 Å². The Morgan fingerprint density at radius 2 is 1.05 bits per heavy atom. The predicted octanol–water partition coefficient (Wildman–Crippen LogP) is 5.18. The van der Waals surface area contributed by atoms with E-state index < -0.39 is 4.75 Å². The van der Waals surface area contributed by atoms with E-state index >= 15 is 0 Å². The number of ether oxygens (including phenoxy) is 1. The zero-order chi connectivity index (χ0) is 15.4. The third-order valence-electron chi connectivity index (χ3n) is 3.86. The Morgan fingerprint density at radius 1 is 0.636 bits per heavy atom. The van der Waals surface area contributed by atoms with Gasteiger partial charge in [0, 0.05) is 0 Å². The molecule has 0 bridgehead atoms. The van der Waals surface area contributed by atoms with Crippen molar-refractivity contribution in [3.8, 4) is 5.75 Å². The van der Waals surface area contributed by atoms with Gasteiger partial charge >= 0.3 is 0 Å². The van der Waals surface area contributed by atoms with Crippen molar-refractivity contribution in [1.82, 2.24) is 0 Å². The molecule has 2 heteroatoms. The van der Waals surface area contributed by atoms with Crippen molar-refractivity contribution in [1.29, 1.82) is 0 Å². The first-order valence-electron chi connectivity index (χ1n) is 7.21. The number of benzene rings is 3. The Kier molecular flexibility index (Phi) is 4.21. The van der Waals surface area contributed by atoms with E-state index in [1.807, 2.05) is 60.7 Å². The molecule has 0 aliphatic heterocycles. The highest BCUT2D eigenvalue weighted by Crippen LogP contribution is 2.42. The van der Waals surface area contributed by atoms with Gasteiger partial charge in [-0.15, -0.1) is 0 Å². The molecule has 3 rings (SSSR count). The van der Waals surface area contributed by atoms with Gasteiger partial charge in [0.1, 0.15) is 10.5 Å². The van der Waals surface area contributed by atoms with Crippen molar-refractivity contribution in [3.05, 3.63) is 102 Å². The Labute approximate surface area is 137 Å². The molecule has 0 saturated heterocycles. The fourth-order valence-electron chi connectivity index (χ4n) is 2.67. The molecule has 0 N–H and O–H groups in total. The van der Waals surface area contributed by atoms with E-state index in [9.17, 15) is 0 Å². The molecule has 0 amide bonds. The second-order valence-electron chi connectivity index (χ2n) is 5.14. The monoisotopic (exact) mass is 305 g/mol. The molecule has 22 heavy (non-hydrogen) atoms. The molecule has 1 nitrogen and oxygen atoms in total. The average molecular weight is 305 g/mol. The van der Waals surface area contributed by atoms with Crippen LogP contribution in [0.1, 0.15) is 16.7 Å². The van der Waals surface area contributed by atoms with Gasteiger partial charge in [0.2, 0.25) is 0 Å². The Morgan fingerprint density at radius 3 is 1.45 bits per heavy atom. The van der Waals surface area contributed by atoms with Crippen molar-refractivity contribution in [3.63, 3.8) is 0 Å². The molecule has 3 aromatic carbocycles. The molecule has 1 radical (unpaired) electrons. The van der Waals surface area contributed by atoms with Gasteiger partial charge < -0.3 is 4.74 Å². The summed E-state index contributed by atoms with van der Waals surface area (Å²) in [5.41, 5.74) is 3.27. The van der Waals surface area contributed by atoms with Crippen LogP contribution in [0.5, 0.6) is 5.75 Å². The normalized spacial score (nSPS) is 11.2. The van der Waals surface area contributed by atoms with Gasteiger partial charge in [-0.2, -0.15) is 0 Å². The number of rotatable bonds is 4. The number of methoxy groups -OCH3 is 1. The summed E-state index contributed by atoms with van der Waals surface area (Å²) in [6.07, 6.45) is 0. The first-order chi connectivity index (χ1) is 10.7. The van der Waals surface area contributed by atoms with Crippen LogP contribution >= 0.6 is 12.6 Å². The minimum absolute atomic E-state index is 0.602. The van der Waals surface area contributed by atoms with Gasteiger partial charge in [0.05, 0.1) is 7.11 Å². The maximum absolute atomic E-state index is 6.14. The summed E-state index contributed by atoms with van der Waals surface area (Å²) in [4.78, 5) is 0. The lowest BCUT2D eigenvalue weighted by Gasteiger charge is -2.29. The average Bonchev–Trinajstić information content (AvgIpc) is 2.62. The zero-order valence-corrected chi connectivity index (χ0v) is 13.2. The maximum atomic E-state index is 6.14. The topological polar surface area (TPSA) is 9.23 Å². The standard InChI is InChI=1S/C20H17OS/c1-21-19-14-12-18(13-15-19)20(22,16-8-4-2-5-9-16)17-10-6-3-7-11-17/h2-15H,1H3.